The van der Waals surface area contributed by atoms with E-state index >= 15 is 0 Å². The second-order valence-electron chi connectivity index (χ2n) is 5.29. The maximum atomic E-state index is 13.2. The van der Waals surface area contributed by atoms with Gasteiger partial charge in [-0.3, -0.25) is 0 Å². The number of carboxylic acid groups (broad SMARTS) is 1. The van der Waals surface area contributed by atoms with Crippen LogP contribution in [0.15, 0.2) is 18.2 Å². The van der Waals surface area contributed by atoms with E-state index in [1.54, 1.807) is 6.07 Å². The van der Waals surface area contributed by atoms with Crippen molar-refractivity contribution in [2.24, 2.45) is 11.8 Å². The quantitative estimate of drug-likeness (QED) is 0.874. The normalized spacial score (nSPS) is 22.2. The summed E-state index contributed by atoms with van der Waals surface area (Å²) < 4.78 is 13.2. The zero-order valence-electron chi connectivity index (χ0n) is 10.7. The number of carboxylic acids is 1. The molecule has 0 radical (unpaired) electrons. The zero-order valence-corrected chi connectivity index (χ0v) is 10.7. The Hall–Kier alpha value is -1.42. The lowest BCUT2D eigenvalue weighted by Gasteiger charge is -2.16. The molecule has 1 saturated carbocycles. The van der Waals surface area contributed by atoms with Crippen LogP contribution in [0.2, 0.25) is 0 Å². The standard InChI is InChI=1S/C14H18FNO2/c1-9-5-11(9)8-16(2)7-10-3-4-13(15)12(6-10)14(17)18/h3-4,6,9,11H,5,7-8H2,1-2H3,(H,17,18). The monoisotopic (exact) mass is 251 g/mol. The summed E-state index contributed by atoms with van der Waals surface area (Å²) in [5.41, 5.74) is 0.588. The van der Waals surface area contributed by atoms with Gasteiger partial charge < -0.3 is 10.0 Å². The molecule has 1 fully saturated rings. The lowest BCUT2D eigenvalue weighted by molar-refractivity contribution is 0.0691. The minimum atomic E-state index is -1.21. The first-order chi connectivity index (χ1) is 8.47. The molecule has 0 saturated heterocycles. The maximum Gasteiger partial charge on any atom is 0.338 e. The fourth-order valence-corrected chi connectivity index (χ4v) is 2.26. The Morgan fingerprint density at radius 3 is 2.78 bits per heavy atom. The van der Waals surface area contributed by atoms with Crippen LogP contribution in [0.3, 0.4) is 0 Å². The summed E-state index contributed by atoms with van der Waals surface area (Å²) in [5.74, 6) is -0.331. The Labute approximate surface area is 106 Å². The zero-order chi connectivity index (χ0) is 13.3. The molecule has 1 aromatic carbocycles. The van der Waals surface area contributed by atoms with E-state index in [0.717, 1.165) is 23.9 Å². The van der Waals surface area contributed by atoms with Gasteiger partial charge in [0.2, 0.25) is 0 Å². The largest absolute Gasteiger partial charge is 0.478 e. The van der Waals surface area contributed by atoms with Gasteiger partial charge in [-0.05, 0) is 43.0 Å². The van der Waals surface area contributed by atoms with E-state index in [-0.39, 0.29) is 5.56 Å². The number of rotatable bonds is 5. The van der Waals surface area contributed by atoms with Crippen molar-refractivity contribution in [3.8, 4) is 0 Å². The molecule has 0 amide bonds. The number of halogens is 1. The van der Waals surface area contributed by atoms with Gasteiger partial charge in [0.05, 0.1) is 5.56 Å². The lowest BCUT2D eigenvalue weighted by atomic mass is 10.1. The highest BCUT2D eigenvalue weighted by atomic mass is 19.1. The van der Waals surface area contributed by atoms with Crippen molar-refractivity contribution < 1.29 is 14.3 Å². The number of aromatic carboxylic acids is 1. The van der Waals surface area contributed by atoms with Crippen LogP contribution >= 0.6 is 0 Å². The van der Waals surface area contributed by atoms with Crippen molar-refractivity contribution in [1.82, 2.24) is 4.90 Å². The topological polar surface area (TPSA) is 40.5 Å². The third-order valence-electron chi connectivity index (χ3n) is 3.54. The summed E-state index contributed by atoms with van der Waals surface area (Å²) in [4.78, 5) is 13.0. The molecule has 0 aromatic heterocycles. The molecule has 2 unspecified atom stereocenters. The van der Waals surface area contributed by atoms with Crippen LogP contribution in [-0.4, -0.2) is 29.6 Å². The highest BCUT2D eigenvalue weighted by molar-refractivity contribution is 5.88. The van der Waals surface area contributed by atoms with E-state index < -0.39 is 11.8 Å². The van der Waals surface area contributed by atoms with Crippen molar-refractivity contribution in [1.29, 1.82) is 0 Å². The first-order valence-corrected chi connectivity index (χ1v) is 6.17. The smallest absolute Gasteiger partial charge is 0.338 e. The molecule has 4 heteroatoms. The fraction of sp³-hybridized carbons (Fsp3) is 0.500. The molecule has 1 N–H and O–H groups in total. The van der Waals surface area contributed by atoms with E-state index in [1.165, 1.54) is 18.6 Å². The molecular weight excluding hydrogens is 233 g/mol. The summed E-state index contributed by atoms with van der Waals surface area (Å²) >= 11 is 0. The van der Waals surface area contributed by atoms with E-state index in [0.29, 0.717) is 6.54 Å². The molecule has 98 valence electrons. The molecule has 1 aromatic rings. The Balaban J connectivity index is 2.00. The van der Waals surface area contributed by atoms with Gasteiger partial charge in [-0.1, -0.05) is 13.0 Å². The van der Waals surface area contributed by atoms with E-state index in [1.807, 2.05) is 7.05 Å². The Morgan fingerprint density at radius 1 is 1.56 bits per heavy atom. The van der Waals surface area contributed by atoms with Crippen LogP contribution in [0.25, 0.3) is 0 Å². The number of hydrogen-bond acceptors (Lipinski definition) is 2. The molecule has 2 atom stereocenters. The molecule has 0 heterocycles. The van der Waals surface area contributed by atoms with Crippen LogP contribution in [0.1, 0.15) is 29.3 Å². The number of hydrogen-bond donors (Lipinski definition) is 1. The second kappa shape index (κ2) is 5.06. The third kappa shape index (κ3) is 3.07. The van der Waals surface area contributed by atoms with Crippen molar-refractivity contribution in [2.45, 2.75) is 19.9 Å². The lowest BCUT2D eigenvalue weighted by Crippen LogP contribution is -2.21. The van der Waals surface area contributed by atoms with E-state index in [4.69, 9.17) is 5.11 Å². The van der Waals surface area contributed by atoms with Crippen LogP contribution in [0, 0.1) is 17.7 Å². The van der Waals surface area contributed by atoms with Crippen LogP contribution in [0.4, 0.5) is 4.39 Å². The van der Waals surface area contributed by atoms with Gasteiger partial charge in [-0.2, -0.15) is 0 Å². The molecule has 1 aliphatic carbocycles. The van der Waals surface area contributed by atoms with Crippen LogP contribution in [0.5, 0.6) is 0 Å². The van der Waals surface area contributed by atoms with Gasteiger partial charge in [-0.25, -0.2) is 9.18 Å². The SMILES string of the molecule is CC1CC1CN(C)Cc1ccc(F)c(C(=O)O)c1. The molecule has 0 aliphatic heterocycles. The van der Waals surface area contributed by atoms with Crippen molar-refractivity contribution in [3.05, 3.63) is 35.1 Å². The minimum Gasteiger partial charge on any atom is -0.478 e. The summed E-state index contributed by atoms with van der Waals surface area (Å²) in [6, 6.07) is 4.30. The highest BCUT2D eigenvalue weighted by Gasteiger charge is 2.33. The van der Waals surface area contributed by atoms with Gasteiger partial charge in [0.1, 0.15) is 5.82 Å². The molecule has 1 aliphatic rings. The van der Waals surface area contributed by atoms with E-state index in [9.17, 15) is 9.18 Å². The second-order valence-corrected chi connectivity index (χ2v) is 5.29. The number of benzene rings is 1. The van der Waals surface area contributed by atoms with E-state index in [2.05, 4.69) is 11.8 Å². The Kier molecular flexibility index (Phi) is 3.66. The summed E-state index contributed by atoms with van der Waals surface area (Å²) in [6.45, 7) is 3.91. The minimum absolute atomic E-state index is 0.249. The third-order valence-corrected chi connectivity index (χ3v) is 3.54. The summed E-state index contributed by atoms with van der Waals surface area (Å²) in [6.07, 6.45) is 1.27. The number of nitrogens with zero attached hydrogens (tertiary/aromatic N) is 1. The van der Waals surface area contributed by atoms with Gasteiger partial charge >= 0.3 is 5.97 Å². The van der Waals surface area contributed by atoms with Crippen molar-refractivity contribution in [2.75, 3.05) is 13.6 Å². The Morgan fingerprint density at radius 2 is 2.22 bits per heavy atom. The van der Waals surface area contributed by atoms with Crippen LogP contribution < -0.4 is 0 Å². The average molecular weight is 251 g/mol. The first-order valence-electron chi connectivity index (χ1n) is 6.17. The fourth-order valence-electron chi connectivity index (χ4n) is 2.26. The van der Waals surface area contributed by atoms with Gasteiger partial charge in [0, 0.05) is 13.1 Å². The van der Waals surface area contributed by atoms with Gasteiger partial charge in [0.15, 0.2) is 0 Å². The average Bonchev–Trinajstić information content (AvgIpc) is 2.96. The molecule has 3 nitrogen and oxygen atoms in total. The highest BCUT2D eigenvalue weighted by Crippen LogP contribution is 2.38. The summed E-state index contributed by atoms with van der Waals surface area (Å²) in [7, 11) is 2.01. The predicted octanol–water partition coefficient (Wildman–Crippen LogP) is 2.61. The Bertz CT molecular complexity index is 461. The summed E-state index contributed by atoms with van der Waals surface area (Å²) in [5, 5.41) is 8.86. The maximum absolute atomic E-state index is 13.2. The molecular formula is C14H18FNO2. The number of carbonyl (C=O) groups is 1. The van der Waals surface area contributed by atoms with Crippen molar-refractivity contribution >= 4 is 5.97 Å². The predicted molar refractivity (Wildman–Crippen MR) is 67.0 cm³/mol. The molecule has 18 heavy (non-hydrogen) atoms. The molecule has 0 spiro atoms. The van der Waals surface area contributed by atoms with Crippen molar-refractivity contribution in [3.63, 3.8) is 0 Å². The first kappa shape index (κ1) is 13.0. The van der Waals surface area contributed by atoms with Gasteiger partial charge in [-0.15, -0.1) is 0 Å². The molecule has 2 rings (SSSR count). The van der Waals surface area contributed by atoms with Gasteiger partial charge in [0.25, 0.3) is 0 Å². The molecule has 0 bridgehead atoms. The van der Waals surface area contributed by atoms with Crippen LogP contribution in [-0.2, 0) is 6.54 Å².